The number of nitrogen functional groups attached to an aromatic ring is 1. The van der Waals surface area contributed by atoms with Gasteiger partial charge in [0.25, 0.3) is 0 Å². The summed E-state index contributed by atoms with van der Waals surface area (Å²) in [6.45, 7) is 2.83. The molecule has 1 heterocycles. The van der Waals surface area contributed by atoms with Crippen molar-refractivity contribution in [1.29, 1.82) is 0 Å². The fraction of sp³-hybridized carbons (Fsp3) is 0.643. The number of aromatic nitrogens is 1. The highest BCUT2D eigenvalue weighted by Crippen LogP contribution is 2.29. The number of rotatable bonds is 5. The maximum atomic E-state index is 6.04. The Kier molecular flexibility index (Phi) is 4.96. The maximum absolute atomic E-state index is 6.04. The summed E-state index contributed by atoms with van der Waals surface area (Å²) in [5.41, 5.74) is 3.49. The van der Waals surface area contributed by atoms with Crippen LogP contribution in [0.25, 0.3) is 0 Å². The molecule has 1 aromatic heterocycles. The summed E-state index contributed by atoms with van der Waals surface area (Å²) in [5.74, 6) is 6.75. The molecule has 100 valence electrons. The van der Waals surface area contributed by atoms with Gasteiger partial charge in [0, 0.05) is 0 Å². The van der Waals surface area contributed by atoms with Gasteiger partial charge >= 0.3 is 0 Å². The van der Waals surface area contributed by atoms with E-state index < -0.39 is 0 Å². The van der Waals surface area contributed by atoms with Gasteiger partial charge in [0.2, 0.25) is 0 Å². The first-order chi connectivity index (χ1) is 8.83. The Labute approximate surface area is 109 Å². The van der Waals surface area contributed by atoms with E-state index in [1.54, 1.807) is 0 Å². The zero-order chi connectivity index (χ0) is 12.8. The fourth-order valence-corrected chi connectivity index (χ4v) is 2.69. The first kappa shape index (κ1) is 13.3. The number of nitrogens with two attached hydrogens (primary N) is 1. The van der Waals surface area contributed by atoms with E-state index in [-0.39, 0.29) is 0 Å². The number of nitrogens with zero attached hydrogens (tertiary/aromatic N) is 1. The van der Waals surface area contributed by atoms with Gasteiger partial charge in [0.15, 0.2) is 0 Å². The normalized spacial score (nSPS) is 23.9. The molecule has 4 heteroatoms. The SMILES string of the molecule is CCC1CCCCC1OCc1cccc(NN)n1. The molecule has 18 heavy (non-hydrogen) atoms. The molecule has 0 aliphatic heterocycles. The van der Waals surface area contributed by atoms with Gasteiger partial charge < -0.3 is 10.2 Å². The molecule has 3 N–H and O–H groups in total. The quantitative estimate of drug-likeness (QED) is 0.622. The zero-order valence-electron chi connectivity index (χ0n) is 11.1. The van der Waals surface area contributed by atoms with Crippen molar-refractivity contribution in [2.75, 3.05) is 5.43 Å². The Hall–Kier alpha value is -1.13. The van der Waals surface area contributed by atoms with Crippen LogP contribution in [-0.2, 0) is 11.3 Å². The van der Waals surface area contributed by atoms with E-state index in [1.807, 2.05) is 18.2 Å². The van der Waals surface area contributed by atoms with Crippen LogP contribution in [0, 0.1) is 5.92 Å². The molecule has 2 unspecified atom stereocenters. The van der Waals surface area contributed by atoms with Crippen LogP contribution >= 0.6 is 0 Å². The molecule has 0 radical (unpaired) electrons. The number of ether oxygens (including phenoxy) is 1. The number of anilines is 1. The van der Waals surface area contributed by atoms with Crippen molar-refractivity contribution in [2.45, 2.75) is 51.7 Å². The average molecular weight is 249 g/mol. The minimum atomic E-state index is 0.403. The smallest absolute Gasteiger partial charge is 0.140 e. The zero-order valence-corrected chi connectivity index (χ0v) is 11.1. The highest BCUT2D eigenvalue weighted by molar-refractivity contribution is 5.33. The topological polar surface area (TPSA) is 60.2 Å². The predicted octanol–water partition coefficient (Wildman–Crippen LogP) is 2.85. The van der Waals surface area contributed by atoms with Crippen molar-refractivity contribution in [3.05, 3.63) is 23.9 Å². The van der Waals surface area contributed by atoms with Crippen LogP contribution in [0.3, 0.4) is 0 Å². The van der Waals surface area contributed by atoms with E-state index in [2.05, 4.69) is 17.3 Å². The maximum Gasteiger partial charge on any atom is 0.140 e. The summed E-state index contributed by atoms with van der Waals surface area (Å²) in [5, 5.41) is 0. The van der Waals surface area contributed by atoms with Gasteiger partial charge in [0.05, 0.1) is 18.4 Å². The monoisotopic (exact) mass is 249 g/mol. The third kappa shape index (κ3) is 3.43. The second-order valence-corrected chi connectivity index (χ2v) is 4.96. The van der Waals surface area contributed by atoms with Gasteiger partial charge in [-0.1, -0.05) is 32.3 Å². The van der Waals surface area contributed by atoms with E-state index in [0.717, 1.165) is 11.6 Å². The summed E-state index contributed by atoms with van der Waals surface area (Å²) in [4.78, 5) is 4.37. The second kappa shape index (κ2) is 6.71. The van der Waals surface area contributed by atoms with Gasteiger partial charge in [-0.15, -0.1) is 0 Å². The lowest BCUT2D eigenvalue weighted by Gasteiger charge is -2.30. The Morgan fingerprint density at radius 1 is 1.39 bits per heavy atom. The summed E-state index contributed by atoms with van der Waals surface area (Å²) in [6.07, 6.45) is 6.75. The number of pyridine rings is 1. The molecular weight excluding hydrogens is 226 g/mol. The van der Waals surface area contributed by atoms with Crippen molar-refractivity contribution in [3.63, 3.8) is 0 Å². The highest BCUT2D eigenvalue weighted by Gasteiger charge is 2.24. The summed E-state index contributed by atoms with van der Waals surface area (Å²) < 4.78 is 6.04. The van der Waals surface area contributed by atoms with Gasteiger partial charge in [-0.3, -0.25) is 0 Å². The lowest BCUT2D eigenvalue weighted by Crippen LogP contribution is -2.27. The molecule has 1 fully saturated rings. The molecule has 0 amide bonds. The first-order valence-electron chi connectivity index (χ1n) is 6.87. The molecule has 2 rings (SSSR count). The Bertz CT molecular complexity index is 370. The van der Waals surface area contributed by atoms with Crippen LogP contribution in [0.4, 0.5) is 5.82 Å². The van der Waals surface area contributed by atoms with Crippen LogP contribution in [0.2, 0.25) is 0 Å². The number of nitrogens with one attached hydrogen (secondary N) is 1. The third-order valence-corrected chi connectivity index (χ3v) is 3.76. The van der Waals surface area contributed by atoms with Crippen LogP contribution < -0.4 is 11.3 Å². The van der Waals surface area contributed by atoms with Gasteiger partial charge in [-0.2, -0.15) is 0 Å². The predicted molar refractivity (Wildman–Crippen MR) is 72.9 cm³/mol. The molecular formula is C14H23N3O. The minimum absolute atomic E-state index is 0.403. The molecule has 1 aliphatic rings. The highest BCUT2D eigenvalue weighted by atomic mass is 16.5. The van der Waals surface area contributed by atoms with Crippen molar-refractivity contribution in [3.8, 4) is 0 Å². The second-order valence-electron chi connectivity index (χ2n) is 4.96. The van der Waals surface area contributed by atoms with Gasteiger partial charge in [-0.25, -0.2) is 10.8 Å². The van der Waals surface area contributed by atoms with Crippen molar-refractivity contribution < 1.29 is 4.74 Å². The standard InChI is InChI=1S/C14H23N3O/c1-2-11-6-3-4-8-13(11)18-10-12-7-5-9-14(16-12)17-15/h5,7,9,11,13H,2-4,6,8,10,15H2,1H3,(H,16,17). The van der Waals surface area contributed by atoms with E-state index in [4.69, 9.17) is 10.6 Å². The Balaban J connectivity index is 1.89. The first-order valence-corrected chi connectivity index (χ1v) is 6.87. The third-order valence-electron chi connectivity index (χ3n) is 3.76. The van der Waals surface area contributed by atoms with Crippen molar-refractivity contribution in [2.24, 2.45) is 11.8 Å². The average Bonchev–Trinajstić information content (AvgIpc) is 2.45. The number of hydrazine groups is 1. The van der Waals surface area contributed by atoms with Crippen LogP contribution in [-0.4, -0.2) is 11.1 Å². The van der Waals surface area contributed by atoms with E-state index >= 15 is 0 Å². The van der Waals surface area contributed by atoms with E-state index in [1.165, 1.54) is 32.1 Å². The van der Waals surface area contributed by atoms with E-state index in [9.17, 15) is 0 Å². The largest absolute Gasteiger partial charge is 0.372 e. The lowest BCUT2D eigenvalue weighted by molar-refractivity contribution is -0.0234. The molecule has 0 aromatic carbocycles. The minimum Gasteiger partial charge on any atom is -0.372 e. The Morgan fingerprint density at radius 2 is 2.22 bits per heavy atom. The molecule has 2 atom stereocenters. The molecule has 0 saturated heterocycles. The Morgan fingerprint density at radius 3 is 3.00 bits per heavy atom. The molecule has 0 spiro atoms. The summed E-state index contributed by atoms with van der Waals surface area (Å²) >= 11 is 0. The number of hydrogen-bond acceptors (Lipinski definition) is 4. The number of hydrogen-bond donors (Lipinski definition) is 2. The summed E-state index contributed by atoms with van der Waals surface area (Å²) in [7, 11) is 0. The van der Waals surface area contributed by atoms with Crippen molar-refractivity contribution in [1.82, 2.24) is 4.98 Å². The molecule has 0 bridgehead atoms. The molecule has 1 aliphatic carbocycles. The van der Waals surface area contributed by atoms with E-state index in [0.29, 0.717) is 18.5 Å². The van der Waals surface area contributed by atoms with Crippen LogP contribution in [0.5, 0.6) is 0 Å². The molecule has 1 saturated carbocycles. The van der Waals surface area contributed by atoms with Gasteiger partial charge in [-0.05, 0) is 30.9 Å². The van der Waals surface area contributed by atoms with Crippen LogP contribution in [0.1, 0.15) is 44.7 Å². The molecule has 1 aromatic rings. The molecule has 4 nitrogen and oxygen atoms in total. The fourth-order valence-electron chi connectivity index (χ4n) is 2.69. The van der Waals surface area contributed by atoms with Crippen molar-refractivity contribution >= 4 is 5.82 Å². The lowest BCUT2D eigenvalue weighted by atomic mass is 9.85. The van der Waals surface area contributed by atoms with Gasteiger partial charge in [0.1, 0.15) is 5.82 Å². The summed E-state index contributed by atoms with van der Waals surface area (Å²) in [6, 6.07) is 5.77. The van der Waals surface area contributed by atoms with Crippen LogP contribution in [0.15, 0.2) is 18.2 Å².